The molecule has 0 saturated carbocycles. The average Bonchev–Trinajstić information content (AvgIpc) is 2.70. The van der Waals surface area contributed by atoms with E-state index in [1.165, 1.54) is 0 Å². The number of thioether (sulfide) groups is 1. The Morgan fingerprint density at radius 3 is 3.13 bits per heavy atom. The molecule has 1 atom stereocenters. The zero-order valence-electron chi connectivity index (χ0n) is 8.00. The van der Waals surface area contributed by atoms with Crippen molar-refractivity contribution >= 4 is 35.0 Å². The number of hydrogen-bond donors (Lipinski definition) is 2. The van der Waals surface area contributed by atoms with Gasteiger partial charge in [-0.3, -0.25) is 10.1 Å². The second-order valence-electron chi connectivity index (χ2n) is 3.27. The Labute approximate surface area is 97.6 Å². The van der Waals surface area contributed by atoms with Crippen molar-refractivity contribution in [2.24, 2.45) is 0 Å². The summed E-state index contributed by atoms with van der Waals surface area (Å²) in [5.74, 6) is 1.67. The number of anilines is 1. The molecule has 2 N–H and O–H groups in total. The molecule has 2 rings (SSSR count). The molecule has 80 valence electrons. The molecule has 1 amide bonds. The fourth-order valence-electron chi connectivity index (χ4n) is 1.36. The second-order valence-corrected chi connectivity index (χ2v) is 4.74. The number of carbonyl (C=O) groups excluding carboxylic acids is 1. The normalized spacial score (nSPS) is 20.2. The number of carbonyl (C=O) groups is 1. The summed E-state index contributed by atoms with van der Waals surface area (Å²) >= 11 is 7.54. The van der Waals surface area contributed by atoms with Gasteiger partial charge >= 0.3 is 0 Å². The van der Waals surface area contributed by atoms with Crippen molar-refractivity contribution in [3.8, 4) is 0 Å². The van der Waals surface area contributed by atoms with Gasteiger partial charge < -0.3 is 5.32 Å². The molecule has 1 aliphatic heterocycles. The Morgan fingerprint density at radius 1 is 1.60 bits per heavy atom. The van der Waals surface area contributed by atoms with Gasteiger partial charge in [-0.1, -0.05) is 17.7 Å². The van der Waals surface area contributed by atoms with Crippen molar-refractivity contribution in [2.45, 2.75) is 6.04 Å². The summed E-state index contributed by atoms with van der Waals surface area (Å²) in [5, 5.41) is 6.56. The Hall–Kier alpha value is -0.710. The fraction of sp³-hybridized carbons (Fsp3) is 0.300. The highest BCUT2D eigenvalue weighted by Crippen LogP contribution is 2.16. The van der Waals surface area contributed by atoms with Crippen LogP contribution in [-0.4, -0.2) is 23.6 Å². The number of benzene rings is 1. The van der Waals surface area contributed by atoms with E-state index in [0.29, 0.717) is 5.02 Å². The Morgan fingerprint density at radius 2 is 2.47 bits per heavy atom. The van der Waals surface area contributed by atoms with Crippen LogP contribution < -0.4 is 10.6 Å². The summed E-state index contributed by atoms with van der Waals surface area (Å²) in [6.07, 6.45) is 0. The first-order chi connectivity index (χ1) is 7.25. The first-order valence-electron chi connectivity index (χ1n) is 4.63. The van der Waals surface area contributed by atoms with E-state index >= 15 is 0 Å². The summed E-state index contributed by atoms with van der Waals surface area (Å²) in [4.78, 5) is 11.7. The van der Waals surface area contributed by atoms with Crippen LogP contribution in [0.5, 0.6) is 0 Å². The van der Waals surface area contributed by atoms with Crippen molar-refractivity contribution in [1.29, 1.82) is 0 Å². The third-order valence-electron chi connectivity index (χ3n) is 2.12. The number of amides is 1. The third-order valence-corrected chi connectivity index (χ3v) is 3.30. The average molecular weight is 243 g/mol. The lowest BCUT2D eigenvalue weighted by Crippen LogP contribution is -2.37. The van der Waals surface area contributed by atoms with Gasteiger partial charge in [0.25, 0.3) is 0 Å². The van der Waals surface area contributed by atoms with E-state index in [9.17, 15) is 4.79 Å². The smallest absolute Gasteiger partial charge is 0.242 e. The largest absolute Gasteiger partial charge is 0.325 e. The van der Waals surface area contributed by atoms with Gasteiger partial charge in [0.2, 0.25) is 5.91 Å². The van der Waals surface area contributed by atoms with Crippen LogP contribution >= 0.6 is 23.4 Å². The van der Waals surface area contributed by atoms with Gasteiger partial charge in [-0.2, -0.15) is 0 Å². The van der Waals surface area contributed by atoms with Crippen LogP contribution in [0.15, 0.2) is 24.3 Å². The van der Waals surface area contributed by atoms with Gasteiger partial charge in [-0.05, 0) is 18.2 Å². The molecule has 0 aliphatic carbocycles. The molecule has 1 aliphatic rings. The molecule has 0 bridgehead atoms. The summed E-state index contributed by atoms with van der Waals surface area (Å²) < 4.78 is 0. The lowest BCUT2D eigenvalue weighted by Gasteiger charge is -2.10. The monoisotopic (exact) mass is 242 g/mol. The lowest BCUT2D eigenvalue weighted by atomic mass is 10.3. The molecule has 1 unspecified atom stereocenters. The van der Waals surface area contributed by atoms with Crippen LogP contribution in [0.1, 0.15) is 0 Å². The van der Waals surface area contributed by atoms with Crippen LogP contribution in [-0.2, 0) is 4.79 Å². The maximum absolute atomic E-state index is 11.7. The standard InChI is InChI=1S/C10H11ClN2OS/c11-7-2-1-3-8(4-7)13-10(14)9-5-15-6-12-9/h1-4,9,12H,5-6H2,(H,13,14). The van der Waals surface area contributed by atoms with E-state index in [-0.39, 0.29) is 11.9 Å². The second kappa shape index (κ2) is 4.88. The van der Waals surface area contributed by atoms with Crippen LogP contribution in [0.2, 0.25) is 5.02 Å². The summed E-state index contributed by atoms with van der Waals surface area (Å²) in [5.41, 5.74) is 0.742. The van der Waals surface area contributed by atoms with Crippen LogP contribution in [0.25, 0.3) is 0 Å². The van der Waals surface area contributed by atoms with Crippen LogP contribution in [0, 0.1) is 0 Å². The Kier molecular flexibility index (Phi) is 3.51. The van der Waals surface area contributed by atoms with Crippen molar-refractivity contribution in [2.75, 3.05) is 16.9 Å². The van der Waals surface area contributed by atoms with Crippen molar-refractivity contribution in [3.05, 3.63) is 29.3 Å². The van der Waals surface area contributed by atoms with E-state index in [1.807, 2.05) is 12.1 Å². The van der Waals surface area contributed by atoms with Crippen LogP contribution in [0.4, 0.5) is 5.69 Å². The quantitative estimate of drug-likeness (QED) is 0.833. The summed E-state index contributed by atoms with van der Waals surface area (Å²) in [7, 11) is 0. The van der Waals surface area contributed by atoms with E-state index in [4.69, 9.17) is 11.6 Å². The Bertz CT molecular complexity index is 366. The molecule has 3 nitrogen and oxygen atoms in total. The zero-order chi connectivity index (χ0) is 10.7. The molecular weight excluding hydrogens is 232 g/mol. The molecule has 1 aromatic carbocycles. The fourth-order valence-corrected chi connectivity index (χ4v) is 2.49. The van der Waals surface area contributed by atoms with Crippen molar-refractivity contribution in [1.82, 2.24) is 5.32 Å². The Balaban J connectivity index is 1.99. The van der Waals surface area contributed by atoms with E-state index in [2.05, 4.69) is 10.6 Å². The highest BCUT2D eigenvalue weighted by atomic mass is 35.5. The van der Waals surface area contributed by atoms with Gasteiger partial charge in [0, 0.05) is 22.3 Å². The minimum absolute atomic E-state index is 0.00210. The highest BCUT2D eigenvalue weighted by molar-refractivity contribution is 7.99. The molecule has 5 heteroatoms. The minimum atomic E-state index is -0.0889. The molecule has 1 heterocycles. The van der Waals surface area contributed by atoms with Gasteiger partial charge in [-0.25, -0.2) is 0 Å². The predicted molar refractivity (Wildman–Crippen MR) is 64.3 cm³/mol. The van der Waals surface area contributed by atoms with Crippen LogP contribution in [0.3, 0.4) is 0 Å². The van der Waals surface area contributed by atoms with E-state index in [0.717, 1.165) is 17.3 Å². The molecule has 1 fully saturated rings. The van der Waals surface area contributed by atoms with Crippen molar-refractivity contribution in [3.63, 3.8) is 0 Å². The molecule has 15 heavy (non-hydrogen) atoms. The highest BCUT2D eigenvalue weighted by Gasteiger charge is 2.22. The van der Waals surface area contributed by atoms with E-state index < -0.39 is 0 Å². The first-order valence-corrected chi connectivity index (χ1v) is 6.16. The number of hydrogen-bond acceptors (Lipinski definition) is 3. The van der Waals surface area contributed by atoms with Gasteiger partial charge in [0.05, 0.1) is 6.04 Å². The first kappa shape index (κ1) is 10.8. The molecular formula is C10H11ClN2OS. The van der Waals surface area contributed by atoms with Gasteiger partial charge in [0.1, 0.15) is 0 Å². The number of halogens is 1. The number of nitrogens with one attached hydrogen (secondary N) is 2. The topological polar surface area (TPSA) is 41.1 Å². The maximum atomic E-state index is 11.7. The molecule has 0 radical (unpaired) electrons. The summed E-state index contributed by atoms with van der Waals surface area (Å²) in [6, 6.07) is 7.07. The molecule has 1 saturated heterocycles. The lowest BCUT2D eigenvalue weighted by molar-refractivity contribution is -0.117. The molecule has 0 spiro atoms. The third kappa shape index (κ3) is 2.87. The summed E-state index contributed by atoms with van der Waals surface area (Å²) in [6.45, 7) is 0. The van der Waals surface area contributed by atoms with E-state index in [1.54, 1.807) is 23.9 Å². The SMILES string of the molecule is O=C(Nc1cccc(Cl)c1)C1CSCN1. The molecule has 1 aromatic rings. The van der Waals surface area contributed by atoms with Gasteiger partial charge in [-0.15, -0.1) is 11.8 Å². The minimum Gasteiger partial charge on any atom is -0.325 e. The predicted octanol–water partition coefficient (Wildman–Crippen LogP) is 1.94. The molecule has 0 aromatic heterocycles. The van der Waals surface area contributed by atoms with Gasteiger partial charge in [0.15, 0.2) is 0 Å². The van der Waals surface area contributed by atoms with Crippen molar-refractivity contribution < 1.29 is 4.79 Å². The zero-order valence-corrected chi connectivity index (χ0v) is 9.57. The number of rotatable bonds is 2. The maximum Gasteiger partial charge on any atom is 0.242 e.